The van der Waals surface area contributed by atoms with Gasteiger partial charge in [0.1, 0.15) is 5.78 Å². The highest BCUT2D eigenvalue weighted by Crippen LogP contribution is 2.30. The summed E-state index contributed by atoms with van der Waals surface area (Å²) in [6, 6.07) is 6.13. The second-order valence-electron chi connectivity index (χ2n) is 6.56. The Morgan fingerprint density at radius 2 is 2.19 bits per heavy atom. The molecule has 0 aliphatic heterocycles. The lowest BCUT2D eigenvalue weighted by atomic mass is 9.78. The Balaban J connectivity index is 1.88. The van der Waals surface area contributed by atoms with Crippen molar-refractivity contribution >= 4 is 5.78 Å². The third kappa shape index (κ3) is 4.92. The van der Waals surface area contributed by atoms with Gasteiger partial charge in [0.05, 0.1) is 5.69 Å². The molecule has 3 nitrogen and oxygen atoms in total. The number of rotatable bonds is 6. The lowest BCUT2D eigenvalue weighted by Gasteiger charge is -2.30. The van der Waals surface area contributed by atoms with Gasteiger partial charge in [0.25, 0.3) is 0 Å². The number of aromatic nitrogens is 1. The van der Waals surface area contributed by atoms with E-state index in [9.17, 15) is 4.79 Å². The molecule has 1 fully saturated rings. The molecule has 0 aromatic carbocycles. The van der Waals surface area contributed by atoms with Crippen LogP contribution in [0.15, 0.2) is 18.2 Å². The van der Waals surface area contributed by atoms with Gasteiger partial charge in [0.15, 0.2) is 0 Å². The number of carbonyl (C=O) groups is 1. The largest absolute Gasteiger partial charge is 0.300 e. The summed E-state index contributed by atoms with van der Waals surface area (Å²) in [5, 5.41) is 0. The molecule has 1 aromatic rings. The van der Waals surface area contributed by atoms with Crippen LogP contribution in [0.1, 0.15) is 50.4 Å². The first-order valence-electron chi connectivity index (χ1n) is 8.22. The van der Waals surface area contributed by atoms with Crippen LogP contribution in [0.5, 0.6) is 0 Å². The number of carbonyl (C=O) groups excluding carboxylic acids is 1. The molecule has 21 heavy (non-hydrogen) atoms. The molecule has 0 amide bonds. The lowest BCUT2D eigenvalue weighted by molar-refractivity contribution is -0.126. The molecule has 2 atom stereocenters. The summed E-state index contributed by atoms with van der Waals surface area (Å²) in [6.07, 6.45) is 5.47. The first kappa shape index (κ1) is 16.2. The van der Waals surface area contributed by atoms with Gasteiger partial charge in [-0.25, -0.2) is 0 Å². The van der Waals surface area contributed by atoms with Crippen molar-refractivity contribution in [2.45, 2.75) is 52.5 Å². The standard InChI is InChI=1S/C18H28N2O/c1-4-6-15-9-10-18(21)16(11-15)12-20(3)13-17-8-5-7-14(2)19-17/h5,7-8,15-16H,4,6,9-13H2,1-3H3. The highest BCUT2D eigenvalue weighted by molar-refractivity contribution is 5.81. The summed E-state index contributed by atoms with van der Waals surface area (Å²) in [7, 11) is 2.10. The minimum atomic E-state index is 0.227. The van der Waals surface area contributed by atoms with Crippen molar-refractivity contribution in [2.75, 3.05) is 13.6 Å². The van der Waals surface area contributed by atoms with Gasteiger partial charge < -0.3 is 0 Å². The molecule has 1 aliphatic rings. The molecule has 1 saturated carbocycles. The minimum absolute atomic E-state index is 0.227. The van der Waals surface area contributed by atoms with Crippen molar-refractivity contribution in [1.82, 2.24) is 9.88 Å². The van der Waals surface area contributed by atoms with Crippen molar-refractivity contribution in [3.8, 4) is 0 Å². The molecule has 0 radical (unpaired) electrons. The number of Topliss-reactive ketones (excluding diaryl/α,β-unsaturated/α-hetero) is 1. The molecule has 0 N–H and O–H groups in total. The van der Waals surface area contributed by atoms with Gasteiger partial charge in [0, 0.05) is 31.1 Å². The number of nitrogens with zero attached hydrogens (tertiary/aromatic N) is 2. The maximum absolute atomic E-state index is 12.1. The Labute approximate surface area is 128 Å². The lowest BCUT2D eigenvalue weighted by Crippen LogP contribution is -2.34. The average Bonchev–Trinajstić information content (AvgIpc) is 2.43. The average molecular weight is 288 g/mol. The first-order valence-corrected chi connectivity index (χ1v) is 8.22. The van der Waals surface area contributed by atoms with E-state index in [2.05, 4.69) is 36.0 Å². The van der Waals surface area contributed by atoms with Gasteiger partial charge in [-0.3, -0.25) is 14.7 Å². The van der Waals surface area contributed by atoms with Crippen molar-refractivity contribution in [3.63, 3.8) is 0 Å². The maximum atomic E-state index is 12.1. The van der Waals surface area contributed by atoms with Crippen LogP contribution in [0.25, 0.3) is 0 Å². The first-order chi connectivity index (χ1) is 10.1. The number of hydrogen-bond acceptors (Lipinski definition) is 3. The molecule has 2 rings (SSSR count). The van der Waals surface area contributed by atoms with Gasteiger partial charge in [-0.1, -0.05) is 25.8 Å². The van der Waals surface area contributed by atoms with Crippen LogP contribution in [-0.2, 0) is 11.3 Å². The Kier molecular flexibility index (Phi) is 5.92. The number of pyridine rings is 1. The van der Waals surface area contributed by atoms with Gasteiger partial charge in [-0.05, 0) is 44.9 Å². The summed E-state index contributed by atoms with van der Waals surface area (Å²) in [5.74, 6) is 1.44. The monoisotopic (exact) mass is 288 g/mol. The van der Waals surface area contributed by atoms with Crippen molar-refractivity contribution in [3.05, 3.63) is 29.6 Å². The van der Waals surface area contributed by atoms with E-state index in [4.69, 9.17) is 0 Å². The highest BCUT2D eigenvalue weighted by Gasteiger charge is 2.28. The third-order valence-corrected chi connectivity index (χ3v) is 4.48. The fourth-order valence-electron chi connectivity index (χ4n) is 3.45. The van der Waals surface area contributed by atoms with Crippen LogP contribution < -0.4 is 0 Å². The normalized spacial score (nSPS) is 22.8. The van der Waals surface area contributed by atoms with Crippen LogP contribution in [0.4, 0.5) is 0 Å². The molecule has 0 spiro atoms. The molecule has 2 unspecified atom stereocenters. The number of ketones is 1. The van der Waals surface area contributed by atoms with Crippen LogP contribution in [0.2, 0.25) is 0 Å². The van der Waals surface area contributed by atoms with E-state index in [1.165, 1.54) is 12.8 Å². The third-order valence-electron chi connectivity index (χ3n) is 4.48. The zero-order valence-electron chi connectivity index (χ0n) is 13.6. The maximum Gasteiger partial charge on any atom is 0.137 e. The predicted molar refractivity (Wildman–Crippen MR) is 86.1 cm³/mol. The van der Waals surface area contributed by atoms with E-state index in [0.717, 1.165) is 49.7 Å². The highest BCUT2D eigenvalue weighted by atomic mass is 16.1. The van der Waals surface area contributed by atoms with Gasteiger partial charge in [0.2, 0.25) is 0 Å². The summed E-state index contributed by atoms with van der Waals surface area (Å²) < 4.78 is 0. The quantitative estimate of drug-likeness (QED) is 0.802. The van der Waals surface area contributed by atoms with E-state index < -0.39 is 0 Å². The van der Waals surface area contributed by atoms with Crippen LogP contribution in [0, 0.1) is 18.8 Å². The van der Waals surface area contributed by atoms with Gasteiger partial charge in [-0.15, -0.1) is 0 Å². The van der Waals surface area contributed by atoms with Gasteiger partial charge in [-0.2, -0.15) is 0 Å². The summed E-state index contributed by atoms with van der Waals surface area (Å²) in [4.78, 5) is 18.9. The number of aryl methyl sites for hydroxylation is 1. The van der Waals surface area contributed by atoms with E-state index >= 15 is 0 Å². The molecule has 1 aliphatic carbocycles. The van der Waals surface area contributed by atoms with Crippen molar-refractivity contribution in [1.29, 1.82) is 0 Å². The zero-order chi connectivity index (χ0) is 15.2. The molecule has 0 saturated heterocycles. The van der Waals surface area contributed by atoms with Crippen LogP contribution in [-0.4, -0.2) is 29.3 Å². The molecule has 1 aromatic heterocycles. The minimum Gasteiger partial charge on any atom is -0.300 e. The Morgan fingerprint density at radius 1 is 1.38 bits per heavy atom. The fourth-order valence-corrected chi connectivity index (χ4v) is 3.45. The molecule has 0 bridgehead atoms. The number of hydrogen-bond donors (Lipinski definition) is 0. The summed E-state index contributed by atoms with van der Waals surface area (Å²) in [5.41, 5.74) is 2.14. The van der Waals surface area contributed by atoms with E-state index in [1.54, 1.807) is 0 Å². The van der Waals surface area contributed by atoms with Gasteiger partial charge >= 0.3 is 0 Å². The predicted octanol–water partition coefficient (Wildman–Crippen LogP) is 3.61. The van der Waals surface area contributed by atoms with E-state index in [1.807, 2.05) is 13.0 Å². The Morgan fingerprint density at radius 3 is 2.90 bits per heavy atom. The molecular weight excluding hydrogens is 260 g/mol. The summed E-state index contributed by atoms with van der Waals surface area (Å²) in [6.45, 7) is 5.95. The zero-order valence-corrected chi connectivity index (χ0v) is 13.6. The second-order valence-corrected chi connectivity index (χ2v) is 6.56. The Bertz CT molecular complexity index is 472. The van der Waals surface area contributed by atoms with Crippen LogP contribution >= 0.6 is 0 Å². The molecule has 1 heterocycles. The van der Waals surface area contributed by atoms with Crippen molar-refractivity contribution in [2.24, 2.45) is 11.8 Å². The van der Waals surface area contributed by atoms with Crippen LogP contribution in [0.3, 0.4) is 0 Å². The van der Waals surface area contributed by atoms with Crippen molar-refractivity contribution < 1.29 is 4.79 Å². The fraction of sp³-hybridized carbons (Fsp3) is 0.667. The molecule has 3 heteroatoms. The summed E-state index contributed by atoms with van der Waals surface area (Å²) >= 11 is 0. The Hall–Kier alpha value is -1.22. The molecular formula is C18H28N2O. The smallest absolute Gasteiger partial charge is 0.137 e. The molecule has 116 valence electrons. The SMILES string of the molecule is CCCC1CCC(=O)C(CN(C)Cc2cccc(C)n2)C1. The van der Waals surface area contributed by atoms with E-state index in [0.29, 0.717) is 5.78 Å². The topological polar surface area (TPSA) is 33.2 Å². The second kappa shape index (κ2) is 7.69. The van der Waals surface area contributed by atoms with E-state index in [-0.39, 0.29) is 5.92 Å².